The molecule has 21 heavy (non-hydrogen) atoms. The summed E-state index contributed by atoms with van der Waals surface area (Å²) in [5.74, 6) is -0.195. The first-order valence-electron chi connectivity index (χ1n) is 6.33. The van der Waals surface area contributed by atoms with E-state index < -0.39 is 10.0 Å². The van der Waals surface area contributed by atoms with Crippen molar-refractivity contribution in [1.29, 1.82) is 0 Å². The van der Waals surface area contributed by atoms with Crippen molar-refractivity contribution < 1.29 is 13.2 Å². The molecular weight excluding hydrogens is 336 g/mol. The Hall–Kier alpha value is -1.16. The van der Waals surface area contributed by atoms with E-state index in [4.69, 9.17) is 11.6 Å². The third-order valence-electron chi connectivity index (χ3n) is 2.65. The number of hydrogen-bond acceptors (Lipinski definition) is 5. The first-order chi connectivity index (χ1) is 9.95. The quantitative estimate of drug-likeness (QED) is 0.785. The van der Waals surface area contributed by atoms with Crippen molar-refractivity contribution in [2.75, 3.05) is 13.1 Å². The average molecular weight is 351 g/mol. The molecule has 0 spiro atoms. The number of fused-ring (bicyclic) bond motifs is 1. The molecular formula is C11H15ClN4O3S2. The monoisotopic (exact) mass is 350 g/mol. The number of nitrogens with one attached hydrogen (secondary N) is 2. The second-order valence-electron chi connectivity index (χ2n) is 4.26. The Kier molecular flexibility index (Phi) is 5.20. The summed E-state index contributed by atoms with van der Waals surface area (Å²) in [4.78, 5) is 15.9. The van der Waals surface area contributed by atoms with Gasteiger partial charge in [-0.2, -0.15) is 0 Å². The summed E-state index contributed by atoms with van der Waals surface area (Å²) in [6.07, 6.45) is 2.49. The molecule has 0 aliphatic heterocycles. The standard InChI is InChI=1S/C11H15ClN4O3S2/c1-2-4-13-8(17)3-5-14-21(18,19)10-9(12)15-11-16(10)6-7-20-11/h6-7,14H,2-5H2,1H3,(H,13,17). The van der Waals surface area contributed by atoms with Gasteiger partial charge in [0.15, 0.2) is 15.1 Å². The van der Waals surface area contributed by atoms with E-state index in [1.807, 2.05) is 6.92 Å². The maximum Gasteiger partial charge on any atom is 0.259 e. The zero-order valence-electron chi connectivity index (χ0n) is 11.3. The predicted octanol–water partition coefficient (Wildman–Crippen LogP) is 1.24. The van der Waals surface area contributed by atoms with E-state index in [0.29, 0.717) is 11.5 Å². The van der Waals surface area contributed by atoms with Crippen LogP contribution < -0.4 is 10.0 Å². The van der Waals surface area contributed by atoms with Gasteiger partial charge < -0.3 is 5.32 Å². The topological polar surface area (TPSA) is 92.6 Å². The molecule has 0 bridgehead atoms. The molecule has 0 atom stereocenters. The number of carbonyl (C=O) groups is 1. The van der Waals surface area contributed by atoms with Crippen molar-refractivity contribution in [3.63, 3.8) is 0 Å². The molecule has 0 unspecified atom stereocenters. The normalized spacial score (nSPS) is 11.9. The number of nitrogens with zero attached hydrogens (tertiary/aromatic N) is 2. The second kappa shape index (κ2) is 6.73. The molecule has 116 valence electrons. The maximum atomic E-state index is 12.2. The Labute approximate surface area is 131 Å². The van der Waals surface area contributed by atoms with Crippen molar-refractivity contribution in [2.45, 2.75) is 24.8 Å². The fraction of sp³-hybridized carbons (Fsp3) is 0.455. The largest absolute Gasteiger partial charge is 0.356 e. The molecule has 2 rings (SSSR count). The Bertz CT molecular complexity index is 738. The van der Waals surface area contributed by atoms with Crippen LogP contribution in [0.3, 0.4) is 0 Å². The van der Waals surface area contributed by atoms with Crippen molar-refractivity contribution >= 4 is 43.8 Å². The number of carbonyl (C=O) groups excluding carboxylic acids is 1. The van der Waals surface area contributed by atoms with Gasteiger partial charge in [-0.1, -0.05) is 18.5 Å². The van der Waals surface area contributed by atoms with E-state index in [9.17, 15) is 13.2 Å². The van der Waals surface area contributed by atoms with E-state index in [1.54, 1.807) is 11.6 Å². The number of thiazole rings is 1. The lowest BCUT2D eigenvalue weighted by Crippen LogP contribution is -2.31. The number of rotatable bonds is 7. The SMILES string of the molecule is CCCNC(=O)CCNS(=O)(=O)c1c(Cl)nc2sccn12. The van der Waals surface area contributed by atoms with Crippen LogP contribution in [0.15, 0.2) is 16.6 Å². The van der Waals surface area contributed by atoms with Crippen LogP contribution in [0.2, 0.25) is 5.15 Å². The van der Waals surface area contributed by atoms with Gasteiger partial charge in [0.05, 0.1) is 0 Å². The summed E-state index contributed by atoms with van der Waals surface area (Å²) in [7, 11) is -3.82. The third kappa shape index (κ3) is 3.73. The summed E-state index contributed by atoms with van der Waals surface area (Å²) in [6.45, 7) is 2.53. The van der Waals surface area contributed by atoms with E-state index in [1.165, 1.54) is 15.7 Å². The van der Waals surface area contributed by atoms with Crippen molar-refractivity contribution in [3.05, 3.63) is 16.7 Å². The first kappa shape index (κ1) is 16.2. The molecule has 2 heterocycles. The number of sulfonamides is 1. The summed E-state index contributed by atoms with van der Waals surface area (Å²) < 4.78 is 28.2. The van der Waals surface area contributed by atoms with E-state index >= 15 is 0 Å². The van der Waals surface area contributed by atoms with Gasteiger partial charge >= 0.3 is 0 Å². The smallest absolute Gasteiger partial charge is 0.259 e. The average Bonchev–Trinajstić information content (AvgIpc) is 2.95. The molecule has 0 aromatic carbocycles. The fourth-order valence-electron chi connectivity index (χ4n) is 1.70. The van der Waals surface area contributed by atoms with Crippen LogP contribution in [0.25, 0.3) is 4.96 Å². The Morgan fingerprint density at radius 2 is 2.24 bits per heavy atom. The van der Waals surface area contributed by atoms with Crippen molar-refractivity contribution in [1.82, 2.24) is 19.4 Å². The van der Waals surface area contributed by atoms with Crippen LogP contribution in [-0.4, -0.2) is 36.8 Å². The molecule has 0 saturated carbocycles. The fourth-order valence-corrected chi connectivity index (χ4v) is 4.18. The Morgan fingerprint density at radius 3 is 2.95 bits per heavy atom. The maximum absolute atomic E-state index is 12.2. The van der Waals surface area contributed by atoms with Crippen LogP contribution in [0.5, 0.6) is 0 Å². The molecule has 7 nitrogen and oxygen atoms in total. The van der Waals surface area contributed by atoms with Gasteiger partial charge in [-0.05, 0) is 6.42 Å². The van der Waals surface area contributed by atoms with Crippen LogP contribution in [0.1, 0.15) is 19.8 Å². The molecule has 10 heteroatoms. The number of hydrogen-bond donors (Lipinski definition) is 2. The molecule has 0 aliphatic rings. The summed E-state index contributed by atoms with van der Waals surface area (Å²) >= 11 is 7.17. The molecule has 0 fully saturated rings. The Morgan fingerprint density at radius 1 is 1.48 bits per heavy atom. The molecule has 2 aromatic heterocycles. The molecule has 0 radical (unpaired) electrons. The minimum Gasteiger partial charge on any atom is -0.356 e. The highest BCUT2D eigenvalue weighted by molar-refractivity contribution is 7.89. The minimum absolute atomic E-state index is 0.00554. The van der Waals surface area contributed by atoms with Gasteiger partial charge in [0.2, 0.25) is 5.91 Å². The lowest BCUT2D eigenvalue weighted by Gasteiger charge is -2.06. The molecule has 1 amide bonds. The summed E-state index contributed by atoms with van der Waals surface area (Å²) in [5.41, 5.74) is 0. The van der Waals surface area contributed by atoms with Crippen LogP contribution >= 0.6 is 22.9 Å². The highest BCUT2D eigenvalue weighted by Crippen LogP contribution is 2.24. The van der Waals surface area contributed by atoms with E-state index in [2.05, 4.69) is 15.0 Å². The van der Waals surface area contributed by atoms with Crippen LogP contribution in [0, 0.1) is 0 Å². The lowest BCUT2D eigenvalue weighted by molar-refractivity contribution is -0.120. The van der Waals surface area contributed by atoms with Crippen molar-refractivity contribution in [2.24, 2.45) is 0 Å². The van der Waals surface area contributed by atoms with Crippen molar-refractivity contribution in [3.8, 4) is 0 Å². The summed E-state index contributed by atoms with van der Waals surface area (Å²) in [6, 6.07) is 0. The molecule has 2 aromatic rings. The van der Waals surface area contributed by atoms with Gasteiger partial charge in [-0.25, -0.2) is 18.1 Å². The minimum atomic E-state index is -3.82. The van der Waals surface area contributed by atoms with Crippen LogP contribution in [-0.2, 0) is 14.8 Å². The highest BCUT2D eigenvalue weighted by atomic mass is 35.5. The number of aromatic nitrogens is 2. The zero-order chi connectivity index (χ0) is 15.5. The van der Waals surface area contributed by atoms with Gasteiger partial charge in [-0.3, -0.25) is 9.20 Å². The van der Waals surface area contributed by atoms with Crippen LogP contribution in [0.4, 0.5) is 0 Å². The second-order valence-corrected chi connectivity index (χ2v) is 7.17. The molecule has 0 saturated heterocycles. The zero-order valence-corrected chi connectivity index (χ0v) is 13.7. The summed E-state index contributed by atoms with van der Waals surface area (Å²) in [5, 5.41) is 4.21. The molecule has 2 N–H and O–H groups in total. The number of imidazole rings is 1. The van der Waals surface area contributed by atoms with Gasteiger partial charge in [-0.15, -0.1) is 11.3 Å². The molecule has 0 aliphatic carbocycles. The predicted molar refractivity (Wildman–Crippen MR) is 81.2 cm³/mol. The van der Waals surface area contributed by atoms with Gasteiger partial charge in [0.25, 0.3) is 10.0 Å². The lowest BCUT2D eigenvalue weighted by atomic mass is 10.4. The first-order valence-corrected chi connectivity index (χ1v) is 9.07. The van der Waals surface area contributed by atoms with Gasteiger partial charge in [0.1, 0.15) is 0 Å². The highest BCUT2D eigenvalue weighted by Gasteiger charge is 2.24. The van der Waals surface area contributed by atoms with E-state index in [-0.39, 0.29) is 29.1 Å². The Balaban J connectivity index is 2.04. The third-order valence-corrected chi connectivity index (χ3v) is 5.26. The number of amides is 1. The van der Waals surface area contributed by atoms with E-state index in [0.717, 1.165) is 6.42 Å². The van der Waals surface area contributed by atoms with Gasteiger partial charge in [0, 0.05) is 31.1 Å². The number of halogens is 1.